The van der Waals surface area contributed by atoms with E-state index in [-0.39, 0.29) is 18.1 Å². The molecule has 0 spiro atoms. The van der Waals surface area contributed by atoms with Crippen LogP contribution in [0.15, 0.2) is 72.8 Å². The molecule has 1 N–H and O–H groups in total. The number of hydrogen-bond donors (Lipinski definition) is 1. The zero-order valence-electron chi connectivity index (χ0n) is 18.8. The number of halogens is 1. The first-order valence-corrected chi connectivity index (χ1v) is 11.2. The summed E-state index contributed by atoms with van der Waals surface area (Å²) in [4.78, 5) is 0. The quantitative estimate of drug-likeness (QED) is 0.370. The Bertz CT molecular complexity index is 938. The molecule has 0 bridgehead atoms. The Hall–Kier alpha value is -2.49. The molecule has 4 heteroatoms. The molecule has 0 heterocycles. The molecule has 3 nitrogen and oxygen atoms in total. The van der Waals surface area contributed by atoms with Crippen LogP contribution in [0.4, 0.5) is 0 Å². The van der Waals surface area contributed by atoms with Crippen LogP contribution < -0.4 is 14.8 Å². The summed E-state index contributed by atoms with van der Waals surface area (Å²) in [6, 6.07) is 25.0. The zero-order valence-corrected chi connectivity index (χ0v) is 19.5. The van der Waals surface area contributed by atoms with Crippen molar-refractivity contribution in [2.45, 2.75) is 45.3 Å². The van der Waals surface area contributed by atoms with Crippen LogP contribution in [0.5, 0.6) is 11.5 Å². The van der Waals surface area contributed by atoms with E-state index in [1.165, 1.54) is 16.7 Å². The van der Waals surface area contributed by atoms with Gasteiger partial charge in [-0.15, -0.1) is 0 Å². The molecule has 0 saturated heterocycles. The maximum Gasteiger partial charge on any atom is 0.122 e. The highest BCUT2D eigenvalue weighted by Crippen LogP contribution is 2.35. The summed E-state index contributed by atoms with van der Waals surface area (Å²) in [6.45, 7) is 7.13. The summed E-state index contributed by atoms with van der Waals surface area (Å²) < 4.78 is 11.5. The van der Waals surface area contributed by atoms with Crippen LogP contribution in [-0.4, -0.2) is 19.8 Å². The molecule has 3 aromatic rings. The fourth-order valence-electron chi connectivity index (χ4n) is 3.82. The Morgan fingerprint density at radius 2 is 1.48 bits per heavy atom. The van der Waals surface area contributed by atoms with E-state index in [1.54, 1.807) is 7.11 Å². The molecule has 164 valence electrons. The van der Waals surface area contributed by atoms with Crippen molar-refractivity contribution in [3.8, 4) is 11.5 Å². The van der Waals surface area contributed by atoms with Crippen LogP contribution in [-0.2, 0) is 0 Å². The van der Waals surface area contributed by atoms with Gasteiger partial charge in [-0.3, -0.25) is 0 Å². The third-order valence-electron chi connectivity index (χ3n) is 5.42. The molecule has 0 aromatic heterocycles. The predicted molar refractivity (Wildman–Crippen MR) is 130 cm³/mol. The first-order valence-electron chi connectivity index (χ1n) is 10.9. The summed E-state index contributed by atoms with van der Waals surface area (Å²) >= 11 is 6.02. The predicted octanol–water partition coefficient (Wildman–Crippen LogP) is 7.01. The number of para-hydroxylation sites is 1. The Morgan fingerprint density at radius 3 is 2.13 bits per heavy atom. The van der Waals surface area contributed by atoms with Crippen LogP contribution in [0.3, 0.4) is 0 Å². The van der Waals surface area contributed by atoms with Gasteiger partial charge in [-0.25, -0.2) is 0 Å². The Morgan fingerprint density at radius 1 is 0.839 bits per heavy atom. The fourth-order valence-corrected chi connectivity index (χ4v) is 3.95. The van der Waals surface area contributed by atoms with Crippen LogP contribution in [0.1, 0.15) is 55.8 Å². The number of rotatable bonds is 10. The highest BCUT2D eigenvalue weighted by Gasteiger charge is 2.19. The average molecular weight is 438 g/mol. The van der Waals surface area contributed by atoms with Crippen molar-refractivity contribution < 1.29 is 9.47 Å². The maximum absolute atomic E-state index is 6.02. The topological polar surface area (TPSA) is 30.5 Å². The molecule has 0 fully saturated rings. The van der Waals surface area contributed by atoms with Crippen molar-refractivity contribution in [1.82, 2.24) is 5.32 Å². The van der Waals surface area contributed by atoms with Crippen molar-refractivity contribution in [1.29, 1.82) is 0 Å². The molecule has 2 atom stereocenters. The number of nitrogens with one attached hydrogen (secondary N) is 1. The minimum Gasteiger partial charge on any atom is -0.496 e. The van der Waals surface area contributed by atoms with Crippen LogP contribution in [0, 0.1) is 0 Å². The third-order valence-corrected chi connectivity index (χ3v) is 5.67. The molecule has 3 rings (SSSR count). The highest BCUT2D eigenvalue weighted by atomic mass is 35.5. The molecular formula is C27H32ClNO2. The molecule has 0 radical (unpaired) electrons. The lowest BCUT2D eigenvalue weighted by Crippen LogP contribution is -2.22. The normalized spacial score (nSPS) is 13.1. The number of methoxy groups -OCH3 is 1. The van der Waals surface area contributed by atoms with E-state index in [9.17, 15) is 0 Å². The van der Waals surface area contributed by atoms with E-state index in [4.69, 9.17) is 21.1 Å². The minimum atomic E-state index is 0.161. The molecule has 0 saturated carbocycles. The van der Waals surface area contributed by atoms with Crippen molar-refractivity contribution in [3.63, 3.8) is 0 Å². The van der Waals surface area contributed by atoms with Gasteiger partial charge in [0.05, 0.1) is 13.2 Å². The molecule has 0 aliphatic rings. The lowest BCUT2D eigenvalue weighted by atomic mass is 9.87. The van der Waals surface area contributed by atoms with Gasteiger partial charge in [0, 0.05) is 22.5 Å². The second kappa shape index (κ2) is 11.2. The number of ether oxygens (including phenoxy) is 2. The highest BCUT2D eigenvalue weighted by molar-refractivity contribution is 6.30. The van der Waals surface area contributed by atoms with E-state index < -0.39 is 0 Å². The van der Waals surface area contributed by atoms with Crippen molar-refractivity contribution in [3.05, 3.63) is 94.5 Å². The van der Waals surface area contributed by atoms with Crippen LogP contribution in [0.25, 0.3) is 0 Å². The van der Waals surface area contributed by atoms with Gasteiger partial charge in [0.15, 0.2) is 0 Å². The van der Waals surface area contributed by atoms with E-state index in [1.807, 2.05) is 38.1 Å². The molecule has 0 aliphatic carbocycles. The number of hydrogen-bond acceptors (Lipinski definition) is 3. The SMILES string of the molecule is COc1ccccc1[C@@H](CCN[C@H](C)c1ccc(Cl)cc1)c1ccc(OC(C)C)cc1. The summed E-state index contributed by atoms with van der Waals surface area (Å²) in [5.41, 5.74) is 3.68. The van der Waals surface area contributed by atoms with E-state index in [0.717, 1.165) is 29.5 Å². The Labute approximate surface area is 191 Å². The van der Waals surface area contributed by atoms with Crippen LogP contribution >= 0.6 is 11.6 Å². The first-order chi connectivity index (χ1) is 15.0. The molecule has 0 unspecified atom stereocenters. The molecule has 0 aliphatic heterocycles. The molecular weight excluding hydrogens is 406 g/mol. The smallest absolute Gasteiger partial charge is 0.122 e. The Balaban J connectivity index is 1.77. The van der Waals surface area contributed by atoms with Gasteiger partial charge >= 0.3 is 0 Å². The second-order valence-corrected chi connectivity index (χ2v) is 8.48. The van der Waals surface area contributed by atoms with Gasteiger partial charge in [0.2, 0.25) is 0 Å². The molecule has 3 aromatic carbocycles. The minimum absolute atomic E-state index is 0.161. The number of benzene rings is 3. The van der Waals surface area contributed by atoms with Gasteiger partial charge < -0.3 is 14.8 Å². The van der Waals surface area contributed by atoms with E-state index in [2.05, 4.69) is 60.8 Å². The van der Waals surface area contributed by atoms with Crippen molar-refractivity contribution >= 4 is 11.6 Å². The summed E-state index contributed by atoms with van der Waals surface area (Å²) in [5, 5.41) is 4.42. The van der Waals surface area contributed by atoms with Gasteiger partial charge in [-0.2, -0.15) is 0 Å². The third kappa shape index (κ3) is 6.49. The van der Waals surface area contributed by atoms with Gasteiger partial charge in [0.25, 0.3) is 0 Å². The lowest BCUT2D eigenvalue weighted by molar-refractivity contribution is 0.242. The zero-order chi connectivity index (χ0) is 22.2. The summed E-state index contributed by atoms with van der Waals surface area (Å²) in [6.07, 6.45) is 1.11. The maximum atomic E-state index is 6.02. The second-order valence-electron chi connectivity index (χ2n) is 8.05. The van der Waals surface area contributed by atoms with Crippen molar-refractivity contribution in [2.24, 2.45) is 0 Å². The first kappa shape index (κ1) is 23.2. The molecule has 31 heavy (non-hydrogen) atoms. The van der Waals surface area contributed by atoms with Gasteiger partial charge in [-0.1, -0.05) is 54.1 Å². The monoisotopic (exact) mass is 437 g/mol. The fraction of sp³-hybridized carbons (Fsp3) is 0.333. The van der Waals surface area contributed by atoms with Gasteiger partial charge in [-0.05, 0) is 75.2 Å². The summed E-state index contributed by atoms with van der Waals surface area (Å²) in [7, 11) is 1.73. The Kier molecular flexibility index (Phi) is 8.39. The average Bonchev–Trinajstić information content (AvgIpc) is 2.77. The largest absolute Gasteiger partial charge is 0.496 e. The standard InChI is InChI=1S/C27H32ClNO2/c1-19(2)31-24-15-11-22(12-16-24)25(26-7-5-6-8-27(26)30-4)17-18-29-20(3)21-9-13-23(28)14-10-21/h5-16,19-20,25,29H,17-18H2,1-4H3/t20-,25+/m1/s1. The lowest BCUT2D eigenvalue weighted by Gasteiger charge is -2.23. The van der Waals surface area contributed by atoms with E-state index in [0.29, 0.717) is 0 Å². The van der Waals surface area contributed by atoms with E-state index >= 15 is 0 Å². The summed E-state index contributed by atoms with van der Waals surface area (Å²) in [5.74, 6) is 2.03. The molecule has 0 amide bonds. The van der Waals surface area contributed by atoms with Crippen molar-refractivity contribution in [2.75, 3.05) is 13.7 Å². The van der Waals surface area contributed by atoms with Crippen LogP contribution in [0.2, 0.25) is 5.02 Å². The van der Waals surface area contributed by atoms with Gasteiger partial charge in [0.1, 0.15) is 11.5 Å².